The third-order valence-electron chi connectivity index (χ3n) is 5.24. The highest BCUT2D eigenvalue weighted by atomic mass is 28.3. The highest BCUT2D eigenvalue weighted by molar-refractivity contribution is 6.48. The number of hydrogen-bond acceptors (Lipinski definition) is 3. The number of aromatic hydroxyl groups is 1. The van der Waals surface area contributed by atoms with Gasteiger partial charge in [0.25, 0.3) is 0 Å². The Balaban J connectivity index is 2.50. The van der Waals surface area contributed by atoms with Crippen LogP contribution < -0.4 is 4.74 Å². The van der Waals surface area contributed by atoms with Crippen molar-refractivity contribution >= 4 is 9.04 Å². The molecule has 4 heteroatoms. The van der Waals surface area contributed by atoms with Gasteiger partial charge in [-0.15, -0.1) is 0 Å². The van der Waals surface area contributed by atoms with Gasteiger partial charge in [0, 0.05) is 5.56 Å². The van der Waals surface area contributed by atoms with Crippen LogP contribution in [0.3, 0.4) is 0 Å². The van der Waals surface area contributed by atoms with E-state index in [-0.39, 0.29) is 17.1 Å². The monoisotopic (exact) mass is 349 g/mol. The van der Waals surface area contributed by atoms with E-state index in [0.717, 1.165) is 40.8 Å². The minimum Gasteiger partial charge on any atom is -0.507 e. The maximum Gasteiger partial charge on any atom is 0.205 e. The highest BCUT2D eigenvalue weighted by Crippen LogP contribution is 2.46. The van der Waals surface area contributed by atoms with E-state index in [2.05, 4.69) is 40.8 Å². The Kier molecular flexibility index (Phi) is 5.13. The number of rotatable bonds is 3. The third kappa shape index (κ3) is 3.36. The Morgan fingerprint density at radius 2 is 1.71 bits per heavy atom. The number of fused-ring (bicyclic) bond motifs is 1. The van der Waals surface area contributed by atoms with Crippen LogP contribution in [-0.2, 0) is 10.8 Å². The summed E-state index contributed by atoms with van der Waals surface area (Å²) < 4.78 is 13.1. The average Bonchev–Trinajstić information content (AvgIpc) is 2.47. The van der Waals surface area contributed by atoms with Crippen molar-refractivity contribution in [3.8, 4) is 11.5 Å². The molecule has 1 aromatic rings. The molecule has 0 saturated carbocycles. The van der Waals surface area contributed by atoms with Crippen molar-refractivity contribution in [3.05, 3.63) is 22.3 Å². The molecule has 0 amide bonds. The van der Waals surface area contributed by atoms with Crippen molar-refractivity contribution in [2.45, 2.75) is 86.1 Å². The van der Waals surface area contributed by atoms with E-state index in [1.54, 1.807) is 0 Å². The van der Waals surface area contributed by atoms with Crippen LogP contribution in [0.4, 0.5) is 0 Å². The first-order chi connectivity index (χ1) is 10.9. The van der Waals surface area contributed by atoms with Crippen LogP contribution in [0.15, 0.2) is 0 Å². The number of phenols is 1. The summed E-state index contributed by atoms with van der Waals surface area (Å²) in [4.78, 5) is 0. The molecule has 1 aliphatic rings. The van der Waals surface area contributed by atoms with Gasteiger partial charge in [-0.2, -0.15) is 0 Å². The molecule has 1 N–H and O–H groups in total. The fourth-order valence-electron chi connectivity index (χ4n) is 3.90. The average molecular weight is 350 g/mol. The fraction of sp³-hybridized carbons (Fsp3) is 0.700. The van der Waals surface area contributed by atoms with Gasteiger partial charge in [0.1, 0.15) is 17.1 Å². The zero-order valence-electron chi connectivity index (χ0n) is 16.8. The van der Waals surface area contributed by atoms with Crippen LogP contribution >= 0.6 is 0 Å². The van der Waals surface area contributed by atoms with Gasteiger partial charge in [-0.3, -0.25) is 0 Å². The molecule has 24 heavy (non-hydrogen) atoms. The largest absolute Gasteiger partial charge is 0.507 e. The van der Waals surface area contributed by atoms with Gasteiger partial charge in [0.15, 0.2) is 0 Å². The Morgan fingerprint density at radius 1 is 1.12 bits per heavy atom. The Bertz CT molecular complexity index is 631. The molecule has 0 spiro atoms. The molecule has 1 radical (unpaired) electrons. The van der Waals surface area contributed by atoms with E-state index in [4.69, 9.17) is 9.16 Å². The lowest BCUT2D eigenvalue weighted by Crippen LogP contribution is -2.55. The van der Waals surface area contributed by atoms with Gasteiger partial charge in [-0.25, -0.2) is 0 Å². The van der Waals surface area contributed by atoms with E-state index in [0.29, 0.717) is 5.75 Å². The van der Waals surface area contributed by atoms with Gasteiger partial charge in [-0.1, -0.05) is 20.8 Å². The van der Waals surface area contributed by atoms with Crippen molar-refractivity contribution in [2.75, 3.05) is 0 Å². The van der Waals surface area contributed by atoms with Crippen LogP contribution in [0, 0.1) is 26.2 Å². The molecular formula is C20H33O3Si. The van der Waals surface area contributed by atoms with Crippen LogP contribution in [0.25, 0.3) is 0 Å². The molecule has 1 aliphatic heterocycles. The first-order valence-corrected chi connectivity index (χ1v) is 11.3. The minimum absolute atomic E-state index is 0.00308. The quantitative estimate of drug-likeness (QED) is 0.773. The topological polar surface area (TPSA) is 38.7 Å². The third-order valence-corrected chi connectivity index (χ3v) is 5.95. The molecule has 0 bridgehead atoms. The molecule has 0 aromatic heterocycles. The van der Waals surface area contributed by atoms with Gasteiger partial charge < -0.3 is 14.3 Å². The molecule has 1 aromatic carbocycles. The molecule has 0 saturated heterocycles. The van der Waals surface area contributed by atoms with Crippen molar-refractivity contribution < 1.29 is 14.3 Å². The van der Waals surface area contributed by atoms with E-state index < -0.39 is 9.04 Å². The van der Waals surface area contributed by atoms with Crippen molar-refractivity contribution in [2.24, 2.45) is 5.41 Å². The molecule has 135 valence electrons. The van der Waals surface area contributed by atoms with Gasteiger partial charge in [0.05, 0.1) is 6.10 Å². The second-order valence-corrected chi connectivity index (χ2v) is 10.8. The summed E-state index contributed by atoms with van der Waals surface area (Å²) >= 11 is 0. The number of phenolic OH excluding ortho intramolecular Hbond substituents is 1. The maximum atomic E-state index is 10.4. The van der Waals surface area contributed by atoms with Crippen LogP contribution in [0.5, 0.6) is 11.5 Å². The lowest BCUT2D eigenvalue weighted by atomic mass is 9.75. The van der Waals surface area contributed by atoms with E-state index in [1.807, 2.05) is 20.8 Å². The van der Waals surface area contributed by atoms with Crippen LogP contribution in [0.2, 0.25) is 13.1 Å². The maximum absolute atomic E-state index is 10.4. The SMILES string of the molecule is Cc1c(C)c2c(c(C)c1O)CCC(C)(C(O[Si](C)C)C(C)(C)C)O2. The summed E-state index contributed by atoms with van der Waals surface area (Å²) in [6.45, 7) is 19.2. The molecule has 1 heterocycles. The first kappa shape index (κ1) is 19.3. The summed E-state index contributed by atoms with van der Waals surface area (Å²) in [7, 11) is -0.831. The highest BCUT2D eigenvalue weighted by Gasteiger charge is 2.47. The zero-order valence-corrected chi connectivity index (χ0v) is 17.8. The summed E-state index contributed by atoms with van der Waals surface area (Å²) in [5, 5.41) is 10.4. The summed E-state index contributed by atoms with van der Waals surface area (Å²) in [5.41, 5.74) is 3.72. The Hall–Kier alpha value is -1.00. The molecule has 0 aliphatic carbocycles. The second kappa shape index (κ2) is 6.38. The summed E-state index contributed by atoms with van der Waals surface area (Å²) in [6.07, 6.45) is 1.85. The van der Waals surface area contributed by atoms with E-state index in [9.17, 15) is 5.11 Å². The van der Waals surface area contributed by atoms with Crippen LogP contribution in [0.1, 0.15) is 56.4 Å². The molecule has 0 fully saturated rings. The van der Waals surface area contributed by atoms with Crippen molar-refractivity contribution in [1.29, 1.82) is 0 Å². The number of ether oxygens (including phenoxy) is 1. The Labute approximate surface area is 149 Å². The molecular weight excluding hydrogens is 316 g/mol. The van der Waals surface area contributed by atoms with Gasteiger partial charge in [0.2, 0.25) is 9.04 Å². The Morgan fingerprint density at radius 3 is 2.21 bits per heavy atom. The zero-order chi connectivity index (χ0) is 18.4. The fourth-order valence-corrected chi connectivity index (χ4v) is 4.98. The molecule has 2 rings (SSSR count). The van der Waals surface area contributed by atoms with Crippen molar-refractivity contribution in [1.82, 2.24) is 0 Å². The normalized spacial score (nSPS) is 22.2. The van der Waals surface area contributed by atoms with Gasteiger partial charge >= 0.3 is 0 Å². The summed E-state index contributed by atoms with van der Waals surface area (Å²) in [6, 6.07) is 0. The standard InChI is InChI=1S/C20H33O3Si/c1-12-13(2)17-15(14(3)16(12)21)10-11-20(7,22-17)18(19(4,5)6)23-24(8)9/h18,21H,10-11H2,1-9H3. The van der Waals surface area contributed by atoms with Crippen molar-refractivity contribution in [3.63, 3.8) is 0 Å². The second-order valence-electron chi connectivity index (χ2n) is 8.72. The molecule has 3 nitrogen and oxygen atoms in total. The lowest BCUT2D eigenvalue weighted by molar-refractivity contribution is -0.0905. The van der Waals surface area contributed by atoms with Crippen LogP contribution in [-0.4, -0.2) is 25.9 Å². The smallest absolute Gasteiger partial charge is 0.205 e. The van der Waals surface area contributed by atoms with Gasteiger partial charge in [-0.05, 0) is 75.7 Å². The van der Waals surface area contributed by atoms with E-state index >= 15 is 0 Å². The van der Waals surface area contributed by atoms with E-state index in [1.165, 1.54) is 0 Å². The first-order valence-electron chi connectivity index (χ1n) is 8.86. The lowest BCUT2D eigenvalue weighted by Gasteiger charge is -2.48. The molecule has 2 unspecified atom stereocenters. The number of hydrogen-bond donors (Lipinski definition) is 1. The molecule has 2 atom stereocenters. The number of benzene rings is 1. The predicted molar refractivity (Wildman–Crippen MR) is 101 cm³/mol. The summed E-state index contributed by atoms with van der Waals surface area (Å²) in [5.74, 6) is 1.37. The minimum atomic E-state index is -0.831. The predicted octanol–water partition coefficient (Wildman–Crippen LogP) is 5.08.